The molecule has 0 radical (unpaired) electrons. The lowest BCUT2D eigenvalue weighted by Gasteiger charge is -2.11. The first kappa shape index (κ1) is 20.6. The van der Waals surface area contributed by atoms with Gasteiger partial charge in [0.2, 0.25) is 10.0 Å². The predicted octanol–water partition coefficient (Wildman–Crippen LogP) is 3.19. The zero-order valence-corrected chi connectivity index (χ0v) is 17.7. The summed E-state index contributed by atoms with van der Waals surface area (Å²) in [5, 5.41) is 2.78. The summed E-state index contributed by atoms with van der Waals surface area (Å²) in [5.74, 6) is -0.279. The number of nitrogens with one attached hydrogen (secondary N) is 2. The monoisotopic (exact) mass is 436 g/mol. The van der Waals surface area contributed by atoms with Gasteiger partial charge in [0.15, 0.2) is 0 Å². The van der Waals surface area contributed by atoms with Crippen molar-refractivity contribution in [2.24, 2.45) is 0 Å². The largest absolute Gasteiger partial charge is 0.495 e. The molecule has 2 N–H and O–H groups in total. The predicted molar refractivity (Wildman–Crippen MR) is 118 cm³/mol. The molecule has 0 aliphatic heterocycles. The first-order chi connectivity index (χ1) is 14.9. The molecule has 4 aromatic rings. The second-order valence-electron chi connectivity index (χ2n) is 6.68. The third-order valence-electron chi connectivity index (χ3n) is 4.84. The van der Waals surface area contributed by atoms with Crippen LogP contribution in [0.2, 0.25) is 0 Å². The van der Waals surface area contributed by atoms with Crippen LogP contribution in [0.25, 0.3) is 16.7 Å². The van der Waals surface area contributed by atoms with Crippen LogP contribution in [0.15, 0.2) is 78.0 Å². The SMILES string of the molecule is CNS(=O)(=O)c1cc(C(=O)Nc2ccc(-n3cnc4ccccc43)cc2)ccc1OC. The number of nitrogens with zero attached hydrogens (tertiary/aromatic N) is 2. The fourth-order valence-corrected chi connectivity index (χ4v) is 4.13. The Hall–Kier alpha value is -3.69. The highest BCUT2D eigenvalue weighted by molar-refractivity contribution is 7.89. The number of benzene rings is 3. The summed E-state index contributed by atoms with van der Waals surface area (Å²) in [5.41, 5.74) is 3.55. The lowest BCUT2D eigenvalue weighted by molar-refractivity contribution is 0.102. The number of carbonyl (C=O) groups is 1. The first-order valence-corrected chi connectivity index (χ1v) is 10.9. The van der Waals surface area contributed by atoms with E-state index in [-0.39, 0.29) is 16.2 Å². The smallest absolute Gasteiger partial charge is 0.255 e. The minimum atomic E-state index is -3.78. The average Bonchev–Trinajstić information content (AvgIpc) is 3.23. The Morgan fingerprint density at radius 1 is 1.03 bits per heavy atom. The number of hydrogen-bond acceptors (Lipinski definition) is 5. The van der Waals surface area contributed by atoms with E-state index >= 15 is 0 Å². The zero-order valence-electron chi connectivity index (χ0n) is 16.9. The number of sulfonamides is 1. The van der Waals surface area contributed by atoms with Gasteiger partial charge in [0.05, 0.1) is 18.1 Å². The number of rotatable bonds is 6. The number of methoxy groups -OCH3 is 1. The molecule has 1 aromatic heterocycles. The molecule has 0 atom stereocenters. The normalized spacial score (nSPS) is 11.4. The summed E-state index contributed by atoms with van der Waals surface area (Å²) >= 11 is 0. The Kier molecular flexibility index (Phi) is 5.45. The van der Waals surface area contributed by atoms with Crippen LogP contribution in [0.3, 0.4) is 0 Å². The fourth-order valence-electron chi connectivity index (χ4n) is 3.21. The summed E-state index contributed by atoms with van der Waals surface area (Å²) in [6.45, 7) is 0. The molecule has 0 aliphatic rings. The highest BCUT2D eigenvalue weighted by atomic mass is 32.2. The molecule has 1 amide bonds. The number of hydrogen-bond donors (Lipinski definition) is 2. The number of ether oxygens (including phenoxy) is 1. The standard InChI is InChI=1S/C22H20N4O4S/c1-23-31(28,29)21-13-15(7-12-20(21)30-2)22(27)25-16-8-10-17(11-9-16)26-14-24-18-5-3-4-6-19(18)26/h3-14,23H,1-2H3,(H,25,27). The maximum Gasteiger partial charge on any atom is 0.255 e. The summed E-state index contributed by atoms with van der Waals surface area (Å²) in [6, 6.07) is 19.3. The summed E-state index contributed by atoms with van der Waals surface area (Å²) in [4.78, 5) is 17.0. The van der Waals surface area contributed by atoms with E-state index < -0.39 is 15.9 Å². The molecule has 1 heterocycles. The number of fused-ring (bicyclic) bond motifs is 1. The minimum Gasteiger partial charge on any atom is -0.495 e. The summed E-state index contributed by atoms with van der Waals surface area (Å²) < 4.78 is 33.8. The molecule has 158 valence electrons. The van der Waals surface area contributed by atoms with E-state index in [0.29, 0.717) is 5.69 Å². The number of anilines is 1. The quantitative estimate of drug-likeness (QED) is 0.483. The molecule has 4 rings (SSSR count). The van der Waals surface area contributed by atoms with E-state index in [4.69, 9.17) is 4.74 Å². The summed E-state index contributed by atoms with van der Waals surface area (Å²) in [7, 11) is -1.11. The number of amides is 1. The first-order valence-electron chi connectivity index (χ1n) is 9.38. The van der Waals surface area contributed by atoms with Crippen molar-refractivity contribution in [3.05, 3.63) is 78.6 Å². The van der Waals surface area contributed by atoms with Crippen LogP contribution < -0.4 is 14.8 Å². The third kappa shape index (κ3) is 4.00. The van der Waals surface area contributed by atoms with Crippen molar-refractivity contribution in [2.75, 3.05) is 19.5 Å². The molecule has 0 saturated carbocycles. The molecule has 0 saturated heterocycles. The van der Waals surface area contributed by atoms with Crippen LogP contribution in [0.5, 0.6) is 5.75 Å². The number of aromatic nitrogens is 2. The maximum absolute atomic E-state index is 12.7. The Bertz CT molecular complexity index is 1360. The molecular weight excluding hydrogens is 416 g/mol. The number of para-hydroxylation sites is 2. The van der Waals surface area contributed by atoms with Crippen LogP contribution in [-0.2, 0) is 10.0 Å². The topological polar surface area (TPSA) is 102 Å². The Labute approximate surface area is 179 Å². The van der Waals surface area contributed by atoms with Gasteiger partial charge in [0, 0.05) is 16.9 Å². The van der Waals surface area contributed by atoms with Gasteiger partial charge in [-0.15, -0.1) is 0 Å². The lowest BCUT2D eigenvalue weighted by atomic mass is 10.2. The van der Waals surface area contributed by atoms with E-state index in [9.17, 15) is 13.2 Å². The molecule has 3 aromatic carbocycles. The molecule has 8 nitrogen and oxygen atoms in total. The van der Waals surface area contributed by atoms with Crippen LogP contribution in [0.4, 0.5) is 5.69 Å². The summed E-state index contributed by atoms with van der Waals surface area (Å²) in [6.07, 6.45) is 1.75. The van der Waals surface area contributed by atoms with Crippen LogP contribution in [-0.4, -0.2) is 38.0 Å². The van der Waals surface area contributed by atoms with Crippen LogP contribution in [0, 0.1) is 0 Å². The van der Waals surface area contributed by atoms with Crippen molar-refractivity contribution in [1.29, 1.82) is 0 Å². The molecular formula is C22H20N4O4S. The van der Waals surface area contributed by atoms with Crippen molar-refractivity contribution < 1.29 is 17.9 Å². The van der Waals surface area contributed by atoms with Crippen molar-refractivity contribution >= 4 is 32.7 Å². The van der Waals surface area contributed by atoms with Gasteiger partial charge in [-0.2, -0.15) is 0 Å². The van der Waals surface area contributed by atoms with Gasteiger partial charge in [0.1, 0.15) is 17.0 Å². The lowest BCUT2D eigenvalue weighted by Crippen LogP contribution is -2.20. The van der Waals surface area contributed by atoms with E-state index in [1.165, 1.54) is 32.4 Å². The average molecular weight is 436 g/mol. The molecule has 0 unspecified atom stereocenters. The Balaban J connectivity index is 1.57. The van der Waals surface area contributed by atoms with Gasteiger partial charge in [-0.25, -0.2) is 18.1 Å². The maximum atomic E-state index is 12.7. The molecule has 0 bridgehead atoms. The van der Waals surface area contributed by atoms with Crippen LogP contribution in [0.1, 0.15) is 10.4 Å². The minimum absolute atomic E-state index is 0.104. The Morgan fingerprint density at radius 3 is 2.48 bits per heavy atom. The second kappa shape index (κ2) is 8.21. The molecule has 31 heavy (non-hydrogen) atoms. The number of carbonyl (C=O) groups excluding carboxylic acids is 1. The van der Waals surface area contributed by atoms with E-state index in [1.54, 1.807) is 18.5 Å². The van der Waals surface area contributed by atoms with Gasteiger partial charge < -0.3 is 10.1 Å². The van der Waals surface area contributed by atoms with Gasteiger partial charge >= 0.3 is 0 Å². The van der Waals surface area contributed by atoms with Crippen molar-refractivity contribution in [3.63, 3.8) is 0 Å². The molecule has 0 spiro atoms. The van der Waals surface area contributed by atoms with Gasteiger partial charge in [-0.3, -0.25) is 9.36 Å². The number of imidazole rings is 1. The Morgan fingerprint density at radius 2 is 1.77 bits per heavy atom. The molecule has 9 heteroatoms. The molecule has 0 fully saturated rings. The van der Waals surface area contributed by atoms with Gasteiger partial charge in [-0.05, 0) is 61.6 Å². The highest BCUT2D eigenvalue weighted by Crippen LogP contribution is 2.25. The van der Waals surface area contributed by atoms with E-state index in [1.807, 2.05) is 41.0 Å². The van der Waals surface area contributed by atoms with Crippen LogP contribution >= 0.6 is 0 Å². The van der Waals surface area contributed by atoms with Crippen molar-refractivity contribution in [2.45, 2.75) is 4.90 Å². The zero-order chi connectivity index (χ0) is 22.0. The molecule has 0 aliphatic carbocycles. The van der Waals surface area contributed by atoms with Gasteiger partial charge in [-0.1, -0.05) is 12.1 Å². The van der Waals surface area contributed by atoms with E-state index in [0.717, 1.165) is 16.7 Å². The van der Waals surface area contributed by atoms with Crippen molar-refractivity contribution in [1.82, 2.24) is 14.3 Å². The van der Waals surface area contributed by atoms with Gasteiger partial charge in [0.25, 0.3) is 5.91 Å². The second-order valence-corrected chi connectivity index (χ2v) is 8.53. The third-order valence-corrected chi connectivity index (χ3v) is 6.28. The van der Waals surface area contributed by atoms with E-state index in [2.05, 4.69) is 15.0 Å². The van der Waals surface area contributed by atoms with Crippen molar-refractivity contribution in [3.8, 4) is 11.4 Å². The highest BCUT2D eigenvalue weighted by Gasteiger charge is 2.20. The fraction of sp³-hybridized carbons (Fsp3) is 0.0909.